The van der Waals surface area contributed by atoms with Crippen LogP contribution in [0.2, 0.25) is 0 Å². The summed E-state index contributed by atoms with van der Waals surface area (Å²) in [5.41, 5.74) is 3.21. The first-order chi connectivity index (χ1) is 14.1. The van der Waals surface area contributed by atoms with Crippen molar-refractivity contribution in [1.82, 2.24) is 15.2 Å². The summed E-state index contributed by atoms with van der Waals surface area (Å²) >= 11 is 3.13. The third-order valence-corrected chi connectivity index (χ3v) is 6.74. The van der Waals surface area contributed by atoms with E-state index in [0.717, 1.165) is 33.9 Å². The fourth-order valence-corrected chi connectivity index (χ4v) is 4.79. The maximum Gasteiger partial charge on any atom is 0.247 e. The third-order valence-electron chi connectivity index (χ3n) is 4.64. The van der Waals surface area contributed by atoms with Crippen molar-refractivity contribution in [2.24, 2.45) is 0 Å². The molecule has 6 nitrogen and oxygen atoms in total. The zero-order valence-electron chi connectivity index (χ0n) is 16.6. The van der Waals surface area contributed by atoms with E-state index in [-0.39, 0.29) is 5.91 Å². The second-order valence-corrected chi connectivity index (χ2v) is 8.68. The molecule has 1 aliphatic heterocycles. The van der Waals surface area contributed by atoms with Crippen molar-refractivity contribution in [2.75, 3.05) is 10.7 Å². The second kappa shape index (κ2) is 8.51. The van der Waals surface area contributed by atoms with Crippen LogP contribution in [0.15, 0.2) is 40.9 Å². The van der Waals surface area contributed by atoms with Crippen molar-refractivity contribution in [3.63, 3.8) is 0 Å². The number of carbonyl (C=O) groups is 1. The zero-order valence-corrected chi connectivity index (χ0v) is 18.2. The Bertz CT molecular complexity index is 1040. The summed E-state index contributed by atoms with van der Waals surface area (Å²) in [4.78, 5) is 20.4. The minimum absolute atomic E-state index is 0.0170. The highest BCUT2D eigenvalue weighted by atomic mass is 32.2. The summed E-state index contributed by atoms with van der Waals surface area (Å²) in [6.45, 7) is 6.00. The molecule has 3 aromatic rings. The van der Waals surface area contributed by atoms with Crippen LogP contribution in [-0.4, -0.2) is 26.8 Å². The number of carbonyl (C=O) groups excluding carboxylic acids is 1. The average Bonchev–Trinajstić information content (AvgIpc) is 3.11. The number of amides is 1. The molecule has 150 valence electrons. The van der Waals surface area contributed by atoms with Gasteiger partial charge in [0.25, 0.3) is 0 Å². The first kappa shape index (κ1) is 19.8. The highest BCUT2D eigenvalue weighted by molar-refractivity contribution is 7.99. The van der Waals surface area contributed by atoms with Gasteiger partial charge in [-0.1, -0.05) is 43.8 Å². The fraction of sp³-hybridized carbons (Fsp3) is 0.333. The number of fused-ring (bicyclic) bond motifs is 3. The van der Waals surface area contributed by atoms with Crippen LogP contribution in [0.25, 0.3) is 11.3 Å². The molecule has 1 aliphatic rings. The number of hydrogen-bond acceptors (Lipinski definition) is 7. The number of nitrogens with zero attached hydrogens (tertiary/aromatic N) is 4. The molecule has 0 radical (unpaired) electrons. The van der Waals surface area contributed by atoms with E-state index in [1.807, 2.05) is 49.6 Å². The maximum absolute atomic E-state index is 13.0. The molecule has 1 atom stereocenters. The number of aryl methyl sites for hydroxylation is 1. The Morgan fingerprint density at radius 1 is 1.24 bits per heavy atom. The van der Waals surface area contributed by atoms with E-state index in [1.165, 1.54) is 0 Å². The van der Waals surface area contributed by atoms with Gasteiger partial charge in [-0.15, -0.1) is 21.5 Å². The van der Waals surface area contributed by atoms with E-state index >= 15 is 0 Å². The lowest BCUT2D eigenvalue weighted by Gasteiger charge is -2.30. The molecule has 0 saturated heterocycles. The summed E-state index contributed by atoms with van der Waals surface area (Å²) in [6.07, 6.45) is 0.793. The lowest BCUT2D eigenvalue weighted by atomic mass is 10.1. The molecule has 0 fully saturated rings. The summed E-state index contributed by atoms with van der Waals surface area (Å²) in [5, 5.41) is 11.3. The lowest BCUT2D eigenvalue weighted by Crippen LogP contribution is -2.37. The molecule has 4 rings (SSSR count). The van der Waals surface area contributed by atoms with E-state index < -0.39 is 6.23 Å². The Kier molecular flexibility index (Phi) is 5.82. The van der Waals surface area contributed by atoms with E-state index in [0.29, 0.717) is 23.2 Å². The number of para-hydroxylation sites is 1. The first-order valence-corrected chi connectivity index (χ1v) is 11.5. The number of benzene rings is 1. The second-order valence-electron chi connectivity index (χ2n) is 6.67. The van der Waals surface area contributed by atoms with Crippen LogP contribution in [0, 0.1) is 6.92 Å². The lowest BCUT2D eigenvalue weighted by molar-refractivity contribution is -0.120. The number of ether oxygens (including phenoxy) is 1. The summed E-state index contributed by atoms with van der Waals surface area (Å²) in [5.74, 6) is 1.30. The molecule has 0 bridgehead atoms. The summed E-state index contributed by atoms with van der Waals surface area (Å²) in [6, 6.07) is 9.75. The van der Waals surface area contributed by atoms with Gasteiger partial charge < -0.3 is 4.74 Å². The normalized spacial score (nSPS) is 15.3. The molecule has 0 N–H and O–H groups in total. The van der Waals surface area contributed by atoms with Gasteiger partial charge in [-0.05, 0) is 36.4 Å². The van der Waals surface area contributed by atoms with Crippen LogP contribution in [0.5, 0.6) is 5.88 Å². The zero-order chi connectivity index (χ0) is 20.4. The molecule has 0 saturated carbocycles. The summed E-state index contributed by atoms with van der Waals surface area (Å²) < 4.78 is 6.41. The van der Waals surface area contributed by atoms with Gasteiger partial charge in [-0.3, -0.25) is 9.69 Å². The van der Waals surface area contributed by atoms with Crippen molar-refractivity contribution in [2.45, 2.75) is 45.0 Å². The standard InChI is InChI=1S/C21H22N4O2S2/c1-4-11-29-21-22-19-17(23-24-21)14-8-6-7-9-15(14)25(16(26)5-2)20(27-19)18-13(3)10-12-28-18/h6-10,12,20H,4-5,11H2,1-3H3/t20-/m1/s1. The Labute approximate surface area is 178 Å². The van der Waals surface area contributed by atoms with Crippen molar-refractivity contribution in [3.05, 3.63) is 46.2 Å². The predicted octanol–water partition coefficient (Wildman–Crippen LogP) is 5.24. The van der Waals surface area contributed by atoms with Crippen LogP contribution in [0.3, 0.4) is 0 Å². The molecule has 0 spiro atoms. The van der Waals surface area contributed by atoms with Crippen molar-refractivity contribution in [3.8, 4) is 17.1 Å². The van der Waals surface area contributed by atoms with Crippen molar-refractivity contribution in [1.29, 1.82) is 0 Å². The molecule has 29 heavy (non-hydrogen) atoms. The van der Waals surface area contributed by atoms with Gasteiger partial charge in [0.2, 0.25) is 23.2 Å². The van der Waals surface area contributed by atoms with Gasteiger partial charge in [0, 0.05) is 17.7 Å². The van der Waals surface area contributed by atoms with E-state index in [1.54, 1.807) is 28.0 Å². The van der Waals surface area contributed by atoms with Gasteiger partial charge in [-0.2, -0.15) is 4.98 Å². The molecule has 1 amide bonds. The fourth-order valence-electron chi connectivity index (χ4n) is 3.22. The minimum Gasteiger partial charge on any atom is -0.446 e. The van der Waals surface area contributed by atoms with Crippen molar-refractivity contribution >= 4 is 34.7 Å². The van der Waals surface area contributed by atoms with Gasteiger partial charge in [0.05, 0.1) is 10.6 Å². The first-order valence-electron chi connectivity index (χ1n) is 9.63. The maximum atomic E-state index is 13.0. The quantitative estimate of drug-likeness (QED) is 0.520. The number of thiophene rings is 1. The predicted molar refractivity (Wildman–Crippen MR) is 116 cm³/mol. The number of anilines is 1. The number of hydrogen-bond donors (Lipinski definition) is 0. The van der Waals surface area contributed by atoms with Gasteiger partial charge in [0.15, 0.2) is 5.69 Å². The largest absolute Gasteiger partial charge is 0.446 e. The highest BCUT2D eigenvalue weighted by Crippen LogP contribution is 2.44. The minimum atomic E-state index is -0.592. The smallest absolute Gasteiger partial charge is 0.247 e. The Morgan fingerprint density at radius 2 is 2.07 bits per heavy atom. The van der Waals surface area contributed by atoms with E-state index in [4.69, 9.17) is 4.74 Å². The van der Waals surface area contributed by atoms with Crippen LogP contribution < -0.4 is 9.64 Å². The third kappa shape index (κ3) is 3.74. The molecular formula is C21H22N4O2S2. The molecule has 2 aromatic heterocycles. The van der Waals surface area contributed by atoms with Gasteiger partial charge in [-0.25, -0.2) is 0 Å². The van der Waals surface area contributed by atoms with Crippen molar-refractivity contribution < 1.29 is 9.53 Å². The number of rotatable bonds is 5. The van der Waals surface area contributed by atoms with Crippen LogP contribution >= 0.6 is 23.1 Å². The Hall–Kier alpha value is -2.45. The Morgan fingerprint density at radius 3 is 2.79 bits per heavy atom. The molecule has 0 aliphatic carbocycles. The van der Waals surface area contributed by atoms with E-state index in [9.17, 15) is 4.79 Å². The topological polar surface area (TPSA) is 68.2 Å². The highest BCUT2D eigenvalue weighted by Gasteiger charge is 2.36. The van der Waals surface area contributed by atoms with Crippen LogP contribution in [0.4, 0.5) is 5.69 Å². The van der Waals surface area contributed by atoms with Crippen LogP contribution in [0.1, 0.15) is 43.4 Å². The van der Waals surface area contributed by atoms with E-state index in [2.05, 4.69) is 22.1 Å². The van der Waals surface area contributed by atoms with Crippen LogP contribution in [-0.2, 0) is 4.79 Å². The molecule has 3 heterocycles. The number of aromatic nitrogens is 3. The van der Waals surface area contributed by atoms with Gasteiger partial charge >= 0.3 is 0 Å². The molecular weight excluding hydrogens is 404 g/mol. The average molecular weight is 427 g/mol. The Balaban J connectivity index is 1.91. The molecule has 1 aromatic carbocycles. The van der Waals surface area contributed by atoms with Gasteiger partial charge in [0.1, 0.15) is 0 Å². The molecule has 0 unspecified atom stereocenters. The molecule has 8 heteroatoms. The summed E-state index contributed by atoms with van der Waals surface area (Å²) in [7, 11) is 0. The monoisotopic (exact) mass is 426 g/mol. The SMILES string of the molecule is CCCSc1nnc2c(n1)O[C@H](c1sccc1C)N(C(=O)CC)c1ccccc1-2. The number of thioether (sulfide) groups is 1.